The summed E-state index contributed by atoms with van der Waals surface area (Å²) in [6.45, 7) is 7.75. The van der Waals surface area contributed by atoms with E-state index in [4.69, 9.17) is 5.73 Å². The molecule has 2 aliphatic rings. The molecule has 1 saturated heterocycles. The number of hydrogen-bond donors (Lipinski definition) is 1. The first kappa shape index (κ1) is 14.1. The minimum absolute atomic E-state index is 0.223. The predicted molar refractivity (Wildman–Crippen MR) is 85.1 cm³/mol. The first-order valence-electron chi connectivity index (χ1n) is 8.19. The molecule has 0 spiro atoms. The molecule has 0 aromatic heterocycles. The van der Waals surface area contributed by atoms with Gasteiger partial charge in [-0.2, -0.15) is 0 Å². The van der Waals surface area contributed by atoms with Gasteiger partial charge in [0.2, 0.25) is 0 Å². The number of nitrogens with zero attached hydrogens (tertiary/aromatic N) is 1. The third kappa shape index (κ3) is 2.64. The van der Waals surface area contributed by atoms with Gasteiger partial charge in [-0.1, -0.05) is 38.1 Å². The lowest BCUT2D eigenvalue weighted by molar-refractivity contribution is 0.155. The van der Waals surface area contributed by atoms with Crippen LogP contribution in [0, 0.1) is 0 Å². The van der Waals surface area contributed by atoms with Gasteiger partial charge in [0.05, 0.1) is 0 Å². The maximum Gasteiger partial charge on any atom is 0.00998 e. The monoisotopic (exact) mass is 272 g/mol. The summed E-state index contributed by atoms with van der Waals surface area (Å²) in [5, 5.41) is 0. The van der Waals surface area contributed by atoms with Crippen LogP contribution in [0.1, 0.15) is 56.6 Å². The Labute approximate surface area is 123 Å². The van der Waals surface area contributed by atoms with Crippen LogP contribution in [0.5, 0.6) is 0 Å². The van der Waals surface area contributed by atoms with Crippen LogP contribution < -0.4 is 5.73 Å². The molecule has 2 nitrogen and oxygen atoms in total. The molecule has 0 atom stereocenters. The maximum absolute atomic E-state index is 6.19. The Morgan fingerprint density at radius 2 is 1.75 bits per heavy atom. The van der Waals surface area contributed by atoms with Crippen LogP contribution in [-0.2, 0) is 5.41 Å². The normalized spacial score (nSPS) is 23.2. The van der Waals surface area contributed by atoms with Crippen LogP contribution in [0.2, 0.25) is 0 Å². The number of likely N-dealkylation sites (tertiary alicyclic amines) is 1. The van der Waals surface area contributed by atoms with Crippen molar-refractivity contribution < 1.29 is 0 Å². The van der Waals surface area contributed by atoms with E-state index in [-0.39, 0.29) is 5.41 Å². The van der Waals surface area contributed by atoms with E-state index in [0.717, 1.165) is 12.6 Å². The standard InChI is InChI=1S/C18H28N2/c1-14(2)15-3-5-16(6-4-15)18(13-19)9-11-20(12-10-18)17-7-8-17/h3-6,14,17H,7-13,19H2,1-2H3. The molecule has 110 valence electrons. The van der Waals surface area contributed by atoms with Gasteiger partial charge in [-0.3, -0.25) is 0 Å². The van der Waals surface area contributed by atoms with Gasteiger partial charge in [0, 0.05) is 18.0 Å². The summed E-state index contributed by atoms with van der Waals surface area (Å²) in [4.78, 5) is 2.68. The molecule has 0 amide bonds. The van der Waals surface area contributed by atoms with Crippen LogP contribution in [0.15, 0.2) is 24.3 Å². The van der Waals surface area contributed by atoms with Crippen molar-refractivity contribution in [2.75, 3.05) is 19.6 Å². The lowest BCUT2D eigenvalue weighted by atomic mass is 9.72. The molecular formula is C18H28N2. The smallest absolute Gasteiger partial charge is 0.00998 e. The Balaban J connectivity index is 1.75. The summed E-state index contributed by atoms with van der Waals surface area (Å²) in [5.74, 6) is 0.606. The van der Waals surface area contributed by atoms with E-state index < -0.39 is 0 Å². The summed E-state index contributed by atoms with van der Waals surface area (Å²) in [6.07, 6.45) is 5.28. The SMILES string of the molecule is CC(C)c1ccc(C2(CN)CCN(C3CC3)CC2)cc1. The van der Waals surface area contributed by atoms with E-state index in [1.165, 1.54) is 49.9 Å². The summed E-state index contributed by atoms with van der Waals surface area (Å²) >= 11 is 0. The van der Waals surface area contributed by atoms with Crippen LogP contribution in [-0.4, -0.2) is 30.6 Å². The molecule has 1 aromatic carbocycles. The molecule has 3 rings (SSSR count). The van der Waals surface area contributed by atoms with Crippen molar-refractivity contribution in [3.8, 4) is 0 Å². The number of hydrogen-bond acceptors (Lipinski definition) is 2. The summed E-state index contributed by atoms with van der Waals surface area (Å²) in [7, 11) is 0. The number of benzene rings is 1. The molecule has 1 aliphatic heterocycles. The van der Waals surface area contributed by atoms with E-state index in [1.54, 1.807) is 0 Å². The summed E-state index contributed by atoms with van der Waals surface area (Å²) < 4.78 is 0. The van der Waals surface area contributed by atoms with Gasteiger partial charge in [-0.05, 0) is 55.8 Å². The van der Waals surface area contributed by atoms with E-state index in [0.29, 0.717) is 5.92 Å². The average molecular weight is 272 g/mol. The summed E-state index contributed by atoms with van der Waals surface area (Å²) in [5.41, 5.74) is 9.30. The highest BCUT2D eigenvalue weighted by atomic mass is 15.2. The molecule has 20 heavy (non-hydrogen) atoms. The predicted octanol–water partition coefficient (Wildman–Crippen LogP) is 3.26. The molecule has 0 radical (unpaired) electrons. The molecule has 1 aromatic rings. The molecule has 0 bridgehead atoms. The Hall–Kier alpha value is -0.860. The fourth-order valence-electron chi connectivity index (χ4n) is 3.59. The number of piperidine rings is 1. The largest absolute Gasteiger partial charge is 0.330 e. The number of rotatable bonds is 4. The molecular weight excluding hydrogens is 244 g/mol. The van der Waals surface area contributed by atoms with Gasteiger partial charge in [-0.15, -0.1) is 0 Å². The van der Waals surface area contributed by atoms with Crippen molar-refractivity contribution in [3.63, 3.8) is 0 Å². The first-order valence-corrected chi connectivity index (χ1v) is 8.19. The van der Waals surface area contributed by atoms with Gasteiger partial charge < -0.3 is 10.6 Å². The van der Waals surface area contributed by atoms with Crippen molar-refractivity contribution in [1.29, 1.82) is 0 Å². The molecule has 1 heterocycles. The van der Waals surface area contributed by atoms with Crippen LogP contribution in [0.25, 0.3) is 0 Å². The van der Waals surface area contributed by atoms with Crippen molar-refractivity contribution >= 4 is 0 Å². The lowest BCUT2D eigenvalue weighted by Crippen LogP contribution is -2.47. The lowest BCUT2D eigenvalue weighted by Gasteiger charge is -2.42. The Bertz CT molecular complexity index is 437. The zero-order valence-electron chi connectivity index (χ0n) is 12.9. The number of nitrogens with two attached hydrogens (primary N) is 1. The van der Waals surface area contributed by atoms with E-state index >= 15 is 0 Å². The molecule has 2 heteroatoms. The quantitative estimate of drug-likeness (QED) is 0.911. The van der Waals surface area contributed by atoms with E-state index in [2.05, 4.69) is 43.0 Å². The highest BCUT2D eigenvalue weighted by molar-refractivity contribution is 5.31. The molecule has 2 N–H and O–H groups in total. The highest BCUT2D eigenvalue weighted by Crippen LogP contribution is 2.38. The highest BCUT2D eigenvalue weighted by Gasteiger charge is 2.39. The summed E-state index contributed by atoms with van der Waals surface area (Å²) in [6, 6.07) is 10.1. The Kier molecular flexibility index (Phi) is 3.87. The van der Waals surface area contributed by atoms with Crippen LogP contribution in [0.3, 0.4) is 0 Å². The van der Waals surface area contributed by atoms with Gasteiger partial charge in [-0.25, -0.2) is 0 Å². The van der Waals surface area contributed by atoms with Gasteiger partial charge in [0.25, 0.3) is 0 Å². The second kappa shape index (κ2) is 5.50. The molecule has 1 aliphatic carbocycles. The molecule has 1 saturated carbocycles. The van der Waals surface area contributed by atoms with Crippen LogP contribution >= 0.6 is 0 Å². The van der Waals surface area contributed by atoms with Crippen LogP contribution in [0.4, 0.5) is 0 Å². The van der Waals surface area contributed by atoms with Crippen molar-refractivity contribution in [2.24, 2.45) is 5.73 Å². The first-order chi connectivity index (χ1) is 9.64. The Morgan fingerprint density at radius 3 is 2.20 bits per heavy atom. The zero-order valence-corrected chi connectivity index (χ0v) is 12.9. The van der Waals surface area contributed by atoms with Crippen molar-refractivity contribution in [1.82, 2.24) is 4.90 Å². The second-order valence-corrected chi connectivity index (χ2v) is 7.03. The van der Waals surface area contributed by atoms with Gasteiger partial charge in [0.1, 0.15) is 0 Å². The molecule has 2 fully saturated rings. The fraction of sp³-hybridized carbons (Fsp3) is 0.667. The van der Waals surface area contributed by atoms with E-state index in [9.17, 15) is 0 Å². The second-order valence-electron chi connectivity index (χ2n) is 7.03. The van der Waals surface area contributed by atoms with Gasteiger partial charge >= 0.3 is 0 Å². The minimum Gasteiger partial charge on any atom is -0.330 e. The van der Waals surface area contributed by atoms with Crippen molar-refractivity contribution in [2.45, 2.75) is 56.9 Å². The topological polar surface area (TPSA) is 29.3 Å². The van der Waals surface area contributed by atoms with E-state index in [1.807, 2.05) is 0 Å². The Morgan fingerprint density at radius 1 is 1.15 bits per heavy atom. The maximum atomic E-state index is 6.19. The minimum atomic E-state index is 0.223. The molecule has 0 unspecified atom stereocenters. The third-order valence-corrected chi connectivity index (χ3v) is 5.40. The fourth-order valence-corrected chi connectivity index (χ4v) is 3.59. The zero-order chi connectivity index (χ0) is 14.2. The average Bonchev–Trinajstić information content (AvgIpc) is 3.32. The van der Waals surface area contributed by atoms with Crippen molar-refractivity contribution in [3.05, 3.63) is 35.4 Å². The third-order valence-electron chi connectivity index (χ3n) is 5.40. The van der Waals surface area contributed by atoms with Gasteiger partial charge in [0.15, 0.2) is 0 Å².